The molecule has 2 aromatic rings. The number of guanidine groups is 1. The summed E-state index contributed by atoms with van der Waals surface area (Å²) in [6.07, 6.45) is 1.22. The molecule has 2 aromatic carbocycles. The molecule has 0 aliphatic carbocycles. The molecule has 0 heterocycles. The van der Waals surface area contributed by atoms with E-state index in [-0.39, 0.29) is 0 Å². The first kappa shape index (κ1) is 23.7. The molecule has 0 aromatic heterocycles. The van der Waals surface area contributed by atoms with E-state index in [1.165, 1.54) is 6.26 Å². The van der Waals surface area contributed by atoms with Gasteiger partial charge in [0.25, 0.3) is 0 Å². The third kappa shape index (κ3) is 7.68. The number of ether oxygens (including phenoxy) is 1. The molecule has 0 saturated carbocycles. The monoisotopic (exact) mass is 432 g/mol. The zero-order valence-electron chi connectivity index (χ0n) is 18.2. The molecule has 0 amide bonds. The van der Waals surface area contributed by atoms with Crippen molar-refractivity contribution in [2.75, 3.05) is 38.4 Å². The smallest absolute Gasteiger partial charge is 0.191 e. The van der Waals surface area contributed by atoms with Gasteiger partial charge in [-0.2, -0.15) is 0 Å². The van der Waals surface area contributed by atoms with E-state index in [0.717, 1.165) is 35.5 Å². The highest BCUT2D eigenvalue weighted by atomic mass is 32.2. The minimum Gasteiger partial charge on any atom is -0.383 e. The van der Waals surface area contributed by atoms with Crippen LogP contribution in [-0.2, 0) is 27.7 Å². The predicted octanol–water partition coefficient (Wildman–Crippen LogP) is 2.71. The number of hydrogen-bond donors (Lipinski definition) is 3. The van der Waals surface area contributed by atoms with Crippen molar-refractivity contribution in [2.24, 2.45) is 4.99 Å². The van der Waals surface area contributed by atoms with Gasteiger partial charge in [0, 0.05) is 38.7 Å². The van der Waals surface area contributed by atoms with E-state index < -0.39 is 9.84 Å². The lowest BCUT2D eigenvalue weighted by Gasteiger charge is -2.12. The van der Waals surface area contributed by atoms with Crippen molar-refractivity contribution in [3.8, 4) is 0 Å². The summed E-state index contributed by atoms with van der Waals surface area (Å²) in [6, 6.07) is 13.6. The van der Waals surface area contributed by atoms with Gasteiger partial charge in [-0.25, -0.2) is 13.4 Å². The molecule has 8 heteroatoms. The molecule has 30 heavy (non-hydrogen) atoms. The molecule has 0 fully saturated rings. The van der Waals surface area contributed by atoms with Gasteiger partial charge in [0.2, 0.25) is 0 Å². The second-order valence-corrected chi connectivity index (χ2v) is 9.02. The Morgan fingerprint density at radius 2 is 1.77 bits per heavy atom. The first-order valence-corrected chi connectivity index (χ1v) is 11.9. The predicted molar refractivity (Wildman–Crippen MR) is 123 cm³/mol. The van der Waals surface area contributed by atoms with E-state index in [1.54, 1.807) is 20.1 Å². The number of rotatable bonds is 10. The molecule has 7 nitrogen and oxygen atoms in total. The number of methoxy groups -OCH3 is 1. The van der Waals surface area contributed by atoms with Crippen LogP contribution in [0.1, 0.15) is 23.6 Å². The van der Waals surface area contributed by atoms with E-state index in [2.05, 4.69) is 33.1 Å². The Morgan fingerprint density at radius 1 is 1.07 bits per heavy atom. The molecule has 0 saturated heterocycles. The number of aliphatic imine (C=N–C) groups is 1. The fourth-order valence-electron chi connectivity index (χ4n) is 2.96. The highest BCUT2D eigenvalue weighted by molar-refractivity contribution is 7.90. The highest BCUT2D eigenvalue weighted by Gasteiger charge is 2.10. The van der Waals surface area contributed by atoms with Gasteiger partial charge in [-0.05, 0) is 48.7 Å². The molecule has 0 bridgehead atoms. The highest BCUT2D eigenvalue weighted by Crippen LogP contribution is 2.17. The van der Waals surface area contributed by atoms with Crippen LogP contribution in [0.25, 0.3) is 0 Å². The summed E-state index contributed by atoms with van der Waals surface area (Å²) in [5.74, 6) is 0.713. The molecule has 0 spiro atoms. The summed E-state index contributed by atoms with van der Waals surface area (Å²) in [6.45, 7) is 7.13. The van der Waals surface area contributed by atoms with Crippen molar-refractivity contribution >= 4 is 21.5 Å². The minimum absolute atomic E-state index is 0.361. The molecular formula is C22H32N4O3S. The van der Waals surface area contributed by atoms with Gasteiger partial charge < -0.3 is 20.7 Å². The number of sulfone groups is 1. The number of benzene rings is 2. The van der Waals surface area contributed by atoms with E-state index in [1.807, 2.05) is 31.2 Å². The van der Waals surface area contributed by atoms with Crippen molar-refractivity contribution in [1.82, 2.24) is 10.6 Å². The average Bonchev–Trinajstić information content (AvgIpc) is 2.70. The number of nitrogens with one attached hydrogen (secondary N) is 3. The van der Waals surface area contributed by atoms with E-state index in [0.29, 0.717) is 30.6 Å². The topological polar surface area (TPSA) is 91.8 Å². The SMILES string of the molecule is CCNC(=NCc1ccc(S(C)(=O)=O)c(C)c1)NCc1ccc(NCCOC)cc1. The Morgan fingerprint density at radius 3 is 2.37 bits per heavy atom. The Balaban J connectivity index is 1.97. The van der Waals surface area contributed by atoms with Crippen molar-refractivity contribution in [2.45, 2.75) is 31.8 Å². The van der Waals surface area contributed by atoms with Crippen LogP contribution in [0.2, 0.25) is 0 Å². The Bertz CT molecular complexity index is 941. The van der Waals surface area contributed by atoms with Crippen LogP contribution in [0.15, 0.2) is 52.4 Å². The zero-order chi connectivity index (χ0) is 22.0. The second kappa shape index (κ2) is 11.6. The van der Waals surface area contributed by atoms with Crippen molar-refractivity contribution < 1.29 is 13.2 Å². The number of nitrogens with zero attached hydrogens (tertiary/aromatic N) is 1. The van der Waals surface area contributed by atoms with Crippen molar-refractivity contribution in [3.63, 3.8) is 0 Å². The van der Waals surface area contributed by atoms with Crippen LogP contribution in [0.3, 0.4) is 0 Å². The largest absolute Gasteiger partial charge is 0.383 e. The quantitative estimate of drug-likeness (QED) is 0.304. The lowest BCUT2D eigenvalue weighted by Crippen LogP contribution is -2.36. The first-order valence-electron chi connectivity index (χ1n) is 9.97. The number of aryl methyl sites for hydroxylation is 1. The molecular weight excluding hydrogens is 400 g/mol. The summed E-state index contributed by atoms with van der Waals surface area (Å²) < 4.78 is 28.6. The maximum atomic E-state index is 11.8. The maximum absolute atomic E-state index is 11.8. The maximum Gasteiger partial charge on any atom is 0.191 e. The molecule has 3 N–H and O–H groups in total. The molecule has 0 radical (unpaired) electrons. The summed E-state index contributed by atoms with van der Waals surface area (Å²) in [5.41, 5.74) is 3.90. The normalized spacial score (nSPS) is 11.9. The molecule has 0 aliphatic heterocycles. The van der Waals surface area contributed by atoms with Crippen LogP contribution in [0.4, 0.5) is 5.69 Å². The fourth-order valence-corrected chi connectivity index (χ4v) is 3.92. The van der Waals surface area contributed by atoms with Crippen molar-refractivity contribution in [1.29, 1.82) is 0 Å². The van der Waals surface area contributed by atoms with Crippen LogP contribution in [0, 0.1) is 6.92 Å². The number of anilines is 1. The standard InChI is InChI=1S/C22H32N4O3S/c1-5-23-22(25-15-18-6-9-20(10-7-18)24-12-13-29-3)26-16-19-8-11-21(17(2)14-19)30(4,27)28/h6-11,14,24H,5,12-13,15-16H2,1-4H3,(H2,23,25,26). The lowest BCUT2D eigenvalue weighted by atomic mass is 10.1. The molecule has 0 atom stereocenters. The summed E-state index contributed by atoms with van der Waals surface area (Å²) in [5, 5.41) is 9.86. The first-order chi connectivity index (χ1) is 14.3. The van der Waals surface area contributed by atoms with Crippen LogP contribution < -0.4 is 16.0 Å². The van der Waals surface area contributed by atoms with E-state index in [4.69, 9.17) is 4.74 Å². The molecule has 2 rings (SSSR count). The summed E-state index contributed by atoms with van der Waals surface area (Å²) in [7, 11) is -1.52. The Kier molecular flexibility index (Phi) is 9.14. The summed E-state index contributed by atoms with van der Waals surface area (Å²) in [4.78, 5) is 4.98. The molecule has 0 aliphatic rings. The third-order valence-corrected chi connectivity index (χ3v) is 5.71. The van der Waals surface area contributed by atoms with E-state index >= 15 is 0 Å². The minimum atomic E-state index is -3.21. The third-order valence-electron chi connectivity index (χ3n) is 4.45. The summed E-state index contributed by atoms with van der Waals surface area (Å²) >= 11 is 0. The van der Waals surface area contributed by atoms with Crippen LogP contribution in [0.5, 0.6) is 0 Å². The fraction of sp³-hybridized carbons (Fsp3) is 0.409. The Hall–Kier alpha value is -2.58. The lowest BCUT2D eigenvalue weighted by molar-refractivity contribution is 0.211. The number of hydrogen-bond acceptors (Lipinski definition) is 5. The Labute approximate surface area is 179 Å². The average molecular weight is 433 g/mol. The van der Waals surface area contributed by atoms with E-state index in [9.17, 15) is 8.42 Å². The molecule has 0 unspecified atom stereocenters. The van der Waals surface area contributed by atoms with Crippen molar-refractivity contribution in [3.05, 3.63) is 59.2 Å². The van der Waals surface area contributed by atoms with Gasteiger partial charge in [-0.3, -0.25) is 0 Å². The van der Waals surface area contributed by atoms with Gasteiger partial charge in [0.05, 0.1) is 18.0 Å². The second-order valence-electron chi connectivity index (χ2n) is 7.04. The van der Waals surface area contributed by atoms with Gasteiger partial charge in [-0.1, -0.05) is 24.3 Å². The molecule has 164 valence electrons. The van der Waals surface area contributed by atoms with Gasteiger partial charge in [0.15, 0.2) is 15.8 Å². The van der Waals surface area contributed by atoms with Gasteiger partial charge in [-0.15, -0.1) is 0 Å². The van der Waals surface area contributed by atoms with Crippen LogP contribution in [-0.4, -0.2) is 47.4 Å². The van der Waals surface area contributed by atoms with Gasteiger partial charge >= 0.3 is 0 Å². The van der Waals surface area contributed by atoms with Gasteiger partial charge in [0.1, 0.15) is 0 Å². The van der Waals surface area contributed by atoms with Crippen LogP contribution >= 0.6 is 0 Å². The zero-order valence-corrected chi connectivity index (χ0v) is 19.0.